The van der Waals surface area contributed by atoms with Gasteiger partial charge >= 0.3 is 5.69 Å². The van der Waals surface area contributed by atoms with Crippen molar-refractivity contribution in [3.8, 4) is 11.6 Å². The van der Waals surface area contributed by atoms with Gasteiger partial charge in [-0.2, -0.15) is 0 Å². The highest BCUT2D eigenvalue weighted by Crippen LogP contribution is 2.32. The number of aromatic nitrogens is 1. The number of hydrogen-bond donors (Lipinski definition) is 2. The molecule has 1 heterocycles. The predicted octanol–water partition coefficient (Wildman–Crippen LogP) is 2.21. The summed E-state index contributed by atoms with van der Waals surface area (Å²) >= 11 is 0. The van der Waals surface area contributed by atoms with Crippen molar-refractivity contribution in [3.05, 3.63) is 58.0 Å². The number of ether oxygens (including phenoxy) is 1. The highest BCUT2D eigenvalue weighted by atomic mass is 19.1. The lowest BCUT2D eigenvalue weighted by Gasteiger charge is -2.06. The number of nitrogens with one attached hydrogen (secondary N) is 1. The Balaban J connectivity index is 2.34. The Kier molecular flexibility index (Phi) is 3.56. The molecule has 0 aliphatic heterocycles. The van der Waals surface area contributed by atoms with Gasteiger partial charge in [0.15, 0.2) is 5.82 Å². The Morgan fingerprint density at radius 3 is 2.70 bits per heavy atom. The van der Waals surface area contributed by atoms with Crippen LogP contribution >= 0.6 is 0 Å². The van der Waals surface area contributed by atoms with E-state index in [0.29, 0.717) is 5.56 Å². The molecule has 0 saturated carbocycles. The normalized spacial score (nSPS) is 10.1. The van der Waals surface area contributed by atoms with Crippen LogP contribution in [0, 0.1) is 21.3 Å². The summed E-state index contributed by atoms with van der Waals surface area (Å²) < 4.78 is 18.7. The van der Waals surface area contributed by atoms with Gasteiger partial charge in [-0.15, -0.1) is 0 Å². The van der Waals surface area contributed by atoms with Crippen molar-refractivity contribution in [1.29, 1.82) is 5.41 Å². The first kappa shape index (κ1) is 13.4. The minimum atomic E-state index is -0.864. The molecule has 0 atom stereocenters. The van der Waals surface area contributed by atoms with Gasteiger partial charge in [-0.1, -0.05) is 6.07 Å². The number of rotatable bonds is 4. The van der Waals surface area contributed by atoms with Gasteiger partial charge in [-0.3, -0.25) is 15.5 Å². The molecule has 7 nitrogen and oxygen atoms in total. The molecule has 102 valence electrons. The summed E-state index contributed by atoms with van der Waals surface area (Å²) in [5, 5.41) is 18.0. The number of pyridine rings is 1. The first-order valence-electron chi connectivity index (χ1n) is 5.40. The van der Waals surface area contributed by atoms with Gasteiger partial charge in [0, 0.05) is 23.9 Å². The van der Waals surface area contributed by atoms with Crippen LogP contribution in [-0.2, 0) is 0 Å². The summed E-state index contributed by atoms with van der Waals surface area (Å²) in [6.45, 7) is 0. The fourth-order valence-corrected chi connectivity index (χ4v) is 1.45. The van der Waals surface area contributed by atoms with E-state index in [0.717, 1.165) is 12.1 Å². The molecule has 0 bridgehead atoms. The third kappa shape index (κ3) is 2.69. The number of nitro groups is 1. The summed E-state index contributed by atoms with van der Waals surface area (Å²) in [6.07, 6.45) is 1.25. The van der Waals surface area contributed by atoms with Crippen molar-refractivity contribution in [2.45, 2.75) is 0 Å². The Morgan fingerprint density at radius 1 is 1.40 bits per heavy atom. The molecule has 0 fully saturated rings. The topological polar surface area (TPSA) is 115 Å². The van der Waals surface area contributed by atoms with Crippen LogP contribution in [-0.4, -0.2) is 15.7 Å². The quantitative estimate of drug-likeness (QED) is 0.384. The molecule has 3 N–H and O–H groups in total. The number of nitrogen functional groups attached to an aromatic ring is 1. The van der Waals surface area contributed by atoms with Crippen molar-refractivity contribution in [3.63, 3.8) is 0 Å². The van der Waals surface area contributed by atoms with Crippen LogP contribution in [0.5, 0.6) is 11.6 Å². The number of amidine groups is 1. The lowest BCUT2D eigenvalue weighted by molar-refractivity contribution is -0.385. The molecular weight excluding hydrogens is 267 g/mol. The van der Waals surface area contributed by atoms with Gasteiger partial charge in [-0.05, 0) is 12.1 Å². The number of hydrogen-bond acceptors (Lipinski definition) is 5. The fourth-order valence-electron chi connectivity index (χ4n) is 1.45. The fraction of sp³-hybridized carbons (Fsp3) is 0. The van der Waals surface area contributed by atoms with Gasteiger partial charge < -0.3 is 10.5 Å². The second-order valence-electron chi connectivity index (χ2n) is 3.75. The summed E-state index contributed by atoms with van der Waals surface area (Å²) in [7, 11) is 0. The number of nitro benzene ring substituents is 1. The van der Waals surface area contributed by atoms with Crippen molar-refractivity contribution < 1.29 is 14.1 Å². The van der Waals surface area contributed by atoms with E-state index in [1.54, 1.807) is 0 Å². The molecule has 0 amide bonds. The third-order valence-corrected chi connectivity index (χ3v) is 2.40. The van der Waals surface area contributed by atoms with Crippen molar-refractivity contribution >= 4 is 11.5 Å². The van der Waals surface area contributed by atoms with E-state index in [4.69, 9.17) is 15.9 Å². The lowest BCUT2D eigenvalue weighted by Crippen LogP contribution is -2.11. The van der Waals surface area contributed by atoms with Crippen LogP contribution in [0.25, 0.3) is 0 Å². The summed E-state index contributed by atoms with van der Waals surface area (Å²) in [4.78, 5) is 13.9. The Bertz CT molecular complexity index is 673. The van der Waals surface area contributed by atoms with Gasteiger partial charge in [0.1, 0.15) is 5.84 Å². The van der Waals surface area contributed by atoms with Gasteiger partial charge in [-0.25, -0.2) is 9.37 Å². The molecule has 0 aliphatic rings. The van der Waals surface area contributed by atoms with Crippen LogP contribution in [0.15, 0.2) is 36.5 Å². The largest absolute Gasteiger partial charge is 0.429 e. The zero-order valence-electron chi connectivity index (χ0n) is 10.0. The van der Waals surface area contributed by atoms with Crippen molar-refractivity contribution in [1.82, 2.24) is 4.98 Å². The molecule has 1 aromatic heterocycles. The monoisotopic (exact) mass is 276 g/mol. The zero-order chi connectivity index (χ0) is 14.7. The number of nitrogens with two attached hydrogens (primary N) is 1. The van der Waals surface area contributed by atoms with E-state index in [2.05, 4.69) is 4.98 Å². The van der Waals surface area contributed by atoms with E-state index < -0.39 is 22.2 Å². The maximum atomic E-state index is 13.6. The second kappa shape index (κ2) is 5.31. The van der Waals surface area contributed by atoms with Crippen molar-refractivity contribution in [2.75, 3.05) is 0 Å². The van der Waals surface area contributed by atoms with Crippen LogP contribution in [0.1, 0.15) is 5.56 Å². The first-order chi connectivity index (χ1) is 9.49. The minimum absolute atomic E-state index is 0.0387. The Labute approximate surface area is 112 Å². The van der Waals surface area contributed by atoms with Gasteiger partial charge in [0.05, 0.1) is 4.92 Å². The minimum Gasteiger partial charge on any atom is -0.429 e. The van der Waals surface area contributed by atoms with E-state index >= 15 is 0 Å². The van der Waals surface area contributed by atoms with E-state index in [1.165, 1.54) is 24.4 Å². The predicted molar refractivity (Wildman–Crippen MR) is 68.4 cm³/mol. The van der Waals surface area contributed by atoms with Crippen molar-refractivity contribution in [2.24, 2.45) is 5.73 Å². The number of nitrogens with zero attached hydrogens (tertiary/aromatic N) is 2. The summed E-state index contributed by atoms with van der Waals surface area (Å²) in [6, 6.07) is 6.17. The first-order valence-corrected chi connectivity index (χ1v) is 5.40. The van der Waals surface area contributed by atoms with Crippen LogP contribution < -0.4 is 10.5 Å². The van der Waals surface area contributed by atoms with E-state index in [1.807, 2.05) is 0 Å². The SMILES string of the molecule is N=C(N)c1ccc(Oc2c(F)cccc2[N+](=O)[O-])nc1. The molecule has 0 saturated heterocycles. The van der Waals surface area contributed by atoms with Crippen LogP contribution in [0.3, 0.4) is 0 Å². The van der Waals surface area contributed by atoms with E-state index in [-0.39, 0.29) is 11.7 Å². The Morgan fingerprint density at radius 2 is 2.15 bits per heavy atom. The average molecular weight is 276 g/mol. The van der Waals surface area contributed by atoms with Gasteiger partial charge in [0.2, 0.25) is 11.6 Å². The highest BCUT2D eigenvalue weighted by molar-refractivity contribution is 5.94. The second-order valence-corrected chi connectivity index (χ2v) is 3.75. The molecular formula is C12H9FN4O3. The molecule has 1 aromatic carbocycles. The third-order valence-electron chi connectivity index (χ3n) is 2.40. The van der Waals surface area contributed by atoms with Crippen LogP contribution in [0.2, 0.25) is 0 Å². The standard InChI is InChI=1S/C12H9FN4O3/c13-8-2-1-3-9(17(18)19)11(8)20-10-5-4-7(6-16-10)12(14)15/h1-6H,(H3,14,15). The van der Waals surface area contributed by atoms with Gasteiger partial charge in [0.25, 0.3) is 0 Å². The molecule has 2 rings (SSSR count). The van der Waals surface area contributed by atoms with Crippen LogP contribution in [0.4, 0.5) is 10.1 Å². The smallest absolute Gasteiger partial charge is 0.314 e. The summed E-state index contributed by atoms with van der Waals surface area (Å²) in [5.74, 6) is -1.60. The number of benzene rings is 1. The maximum Gasteiger partial charge on any atom is 0.314 e. The zero-order valence-corrected chi connectivity index (χ0v) is 10.0. The molecule has 2 aromatic rings. The Hall–Kier alpha value is -3.03. The molecule has 0 spiro atoms. The van der Waals surface area contributed by atoms with E-state index in [9.17, 15) is 14.5 Å². The lowest BCUT2D eigenvalue weighted by atomic mass is 10.2. The average Bonchev–Trinajstić information content (AvgIpc) is 2.41. The number of para-hydroxylation sites is 1. The number of halogens is 1. The highest BCUT2D eigenvalue weighted by Gasteiger charge is 2.20. The molecule has 0 radical (unpaired) electrons. The summed E-state index contributed by atoms with van der Waals surface area (Å²) in [5.41, 5.74) is 5.12. The molecule has 8 heteroatoms. The molecule has 20 heavy (non-hydrogen) atoms. The molecule has 0 unspecified atom stereocenters. The molecule has 0 aliphatic carbocycles. The maximum absolute atomic E-state index is 13.6.